The van der Waals surface area contributed by atoms with E-state index >= 15 is 0 Å². The Kier molecular flexibility index (Phi) is 6.43. The van der Waals surface area contributed by atoms with E-state index in [0.29, 0.717) is 28.5 Å². The lowest BCUT2D eigenvalue weighted by Gasteiger charge is -2.15. The van der Waals surface area contributed by atoms with Crippen LogP contribution >= 0.6 is 23.1 Å². The monoisotopic (exact) mass is 480 g/mol. The number of thioether (sulfide) groups is 1. The van der Waals surface area contributed by atoms with Crippen molar-refractivity contribution in [3.8, 4) is 0 Å². The number of anilines is 1. The molecule has 0 radical (unpaired) electrons. The summed E-state index contributed by atoms with van der Waals surface area (Å²) in [6.07, 6.45) is 4.56. The van der Waals surface area contributed by atoms with Gasteiger partial charge in [-0.2, -0.15) is 0 Å². The first-order valence-electron chi connectivity index (χ1n) is 11.0. The largest absolute Gasteiger partial charge is 0.376 e. The van der Waals surface area contributed by atoms with Gasteiger partial charge in [0.2, 0.25) is 5.91 Å². The summed E-state index contributed by atoms with van der Waals surface area (Å²) in [4.78, 5) is 36.1. The minimum Gasteiger partial charge on any atom is -0.376 e. The van der Waals surface area contributed by atoms with Crippen molar-refractivity contribution in [2.45, 2.75) is 44.0 Å². The molecule has 1 amide bonds. The molecule has 1 aliphatic rings. The lowest BCUT2D eigenvalue weighted by molar-refractivity contribution is -0.113. The minimum atomic E-state index is -0.140. The van der Waals surface area contributed by atoms with Crippen molar-refractivity contribution in [2.24, 2.45) is 0 Å². The van der Waals surface area contributed by atoms with E-state index in [2.05, 4.69) is 17.2 Å². The summed E-state index contributed by atoms with van der Waals surface area (Å²) in [5.74, 6) is 0.0124. The van der Waals surface area contributed by atoms with Crippen LogP contribution in [0.4, 0.5) is 5.69 Å². The van der Waals surface area contributed by atoms with Crippen LogP contribution in [0.25, 0.3) is 20.4 Å². The zero-order valence-corrected chi connectivity index (χ0v) is 19.9. The second-order valence-electron chi connectivity index (χ2n) is 7.97. The number of aromatic nitrogens is 3. The number of pyridine rings is 1. The molecule has 1 aliphatic heterocycles. The smallest absolute Gasteiger partial charge is 0.272 e. The van der Waals surface area contributed by atoms with Gasteiger partial charge in [0.1, 0.15) is 9.53 Å². The van der Waals surface area contributed by atoms with Crippen LogP contribution in [-0.4, -0.2) is 38.9 Å². The Morgan fingerprint density at radius 2 is 2.15 bits per heavy atom. The number of fused-ring (bicyclic) bond motifs is 3. The molecule has 9 heteroatoms. The molecular formula is C24H24N4O3S2. The lowest BCUT2D eigenvalue weighted by atomic mass is 10.1. The standard InChI is InChI=1S/C24H24N4O3S2/c1-2-15-7-9-16(10-8-15)26-19(29)14-32-24-27-20-18-6-3-11-25-22(18)33-21(20)23(30)28(24)13-17-5-4-12-31-17/h3,6-11,17H,2,4-5,12-14H2,1H3,(H,26,29)/t17-/m0/s1. The first-order chi connectivity index (χ1) is 16.1. The third kappa shape index (κ3) is 4.66. The summed E-state index contributed by atoms with van der Waals surface area (Å²) in [5, 5.41) is 4.32. The molecule has 7 nitrogen and oxygen atoms in total. The van der Waals surface area contributed by atoms with Crippen LogP contribution in [0.3, 0.4) is 0 Å². The van der Waals surface area contributed by atoms with Gasteiger partial charge in [0, 0.05) is 23.9 Å². The normalized spacial score (nSPS) is 16.0. The molecule has 3 aromatic heterocycles. The van der Waals surface area contributed by atoms with Gasteiger partial charge >= 0.3 is 0 Å². The average Bonchev–Trinajstić information content (AvgIpc) is 3.48. The first kappa shape index (κ1) is 22.1. The average molecular weight is 481 g/mol. The quantitative estimate of drug-likeness (QED) is 0.310. The Labute approximate surface area is 199 Å². The number of carbonyl (C=O) groups is 1. The first-order valence-corrected chi connectivity index (χ1v) is 12.8. The molecule has 0 unspecified atom stereocenters. The molecule has 0 aliphatic carbocycles. The van der Waals surface area contributed by atoms with Gasteiger partial charge in [-0.05, 0) is 49.1 Å². The van der Waals surface area contributed by atoms with E-state index in [1.54, 1.807) is 10.8 Å². The number of hydrogen-bond donors (Lipinski definition) is 1. The highest BCUT2D eigenvalue weighted by Gasteiger charge is 2.22. The Morgan fingerprint density at radius 1 is 1.30 bits per heavy atom. The van der Waals surface area contributed by atoms with Crippen molar-refractivity contribution in [1.29, 1.82) is 0 Å². The highest BCUT2D eigenvalue weighted by Crippen LogP contribution is 2.31. The molecule has 1 fully saturated rings. The van der Waals surface area contributed by atoms with E-state index < -0.39 is 0 Å². The molecule has 4 heterocycles. The molecule has 33 heavy (non-hydrogen) atoms. The number of aryl methyl sites for hydroxylation is 1. The van der Waals surface area contributed by atoms with Gasteiger partial charge in [-0.1, -0.05) is 30.8 Å². The van der Waals surface area contributed by atoms with E-state index in [-0.39, 0.29) is 23.3 Å². The maximum Gasteiger partial charge on any atom is 0.272 e. The van der Waals surface area contributed by atoms with Gasteiger partial charge in [0.05, 0.1) is 23.9 Å². The predicted octanol–water partition coefficient (Wildman–Crippen LogP) is 4.48. The van der Waals surface area contributed by atoms with E-state index in [9.17, 15) is 9.59 Å². The van der Waals surface area contributed by atoms with Crippen LogP contribution in [0.15, 0.2) is 52.5 Å². The molecule has 5 rings (SSSR count). The molecular weight excluding hydrogens is 456 g/mol. The SMILES string of the molecule is CCc1ccc(NC(=O)CSc2nc3c(sc4ncccc43)c(=O)n2C[C@@H]2CCCO2)cc1. The van der Waals surface area contributed by atoms with Crippen molar-refractivity contribution in [1.82, 2.24) is 14.5 Å². The second kappa shape index (κ2) is 9.62. The van der Waals surface area contributed by atoms with Crippen LogP contribution < -0.4 is 10.9 Å². The number of nitrogens with one attached hydrogen (secondary N) is 1. The summed E-state index contributed by atoms with van der Waals surface area (Å²) < 4.78 is 8.03. The van der Waals surface area contributed by atoms with Crippen molar-refractivity contribution in [3.63, 3.8) is 0 Å². The van der Waals surface area contributed by atoms with Crippen molar-refractivity contribution in [3.05, 3.63) is 58.5 Å². The number of nitrogens with zero attached hydrogens (tertiary/aromatic N) is 3. The van der Waals surface area contributed by atoms with E-state index in [0.717, 1.165) is 35.2 Å². The number of carbonyl (C=O) groups excluding carboxylic acids is 1. The molecule has 1 saturated heterocycles. The molecule has 1 aromatic carbocycles. The summed E-state index contributed by atoms with van der Waals surface area (Å²) in [7, 11) is 0. The molecule has 170 valence electrons. The van der Waals surface area contributed by atoms with Crippen LogP contribution in [0.5, 0.6) is 0 Å². The number of ether oxygens (including phenoxy) is 1. The number of hydrogen-bond acceptors (Lipinski definition) is 7. The molecule has 0 bridgehead atoms. The maximum atomic E-state index is 13.4. The minimum absolute atomic E-state index is 0.0142. The lowest BCUT2D eigenvalue weighted by Crippen LogP contribution is -2.28. The molecule has 0 spiro atoms. The summed E-state index contributed by atoms with van der Waals surface area (Å²) in [5.41, 5.74) is 2.52. The summed E-state index contributed by atoms with van der Waals surface area (Å²) >= 11 is 2.64. The Morgan fingerprint density at radius 3 is 2.91 bits per heavy atom. The Bertz CT molecular complexity index is 1360. The fourth-order valence-corrected chi connectivity index (χ4v) is 5.79. The third-order valence-corrected chi connectivity index (χ3v) is 7.77. The number of benzene rings is 1. The van der Waals surface area contributed by atoms with Crippen LogP contribution in [-0.2, 0) is 22.5 Å². The Hall–Kier alpha value is -2.75. The molecule has 0 saturated carbocycles. The number of thiophene rings is 1. The van der Waals surface area contributed by atoms with Crippen molar-refractivity contribution >= 4 is 55.1 Å². The predicted molar refractivity (Wildman–Crippen MR) is 133 cm³/mol. The van der Waals surface area contributed by atoms with E-state index in [4.69, 9.17) is 9.72 Å². The summed E-state index contributed by atoms with van der Waals surface area (Å²) in [6.45, 7) is 3.24. The van der Waals surface area contributed by atoms with Gasteiger partial charge in [-0.15, -0.1) is 11.3 Å². The number of amides is 1. The highest BCUT2D eigenvalue weighted by molar-refractivity contribution is 7.99. The van der Waals surface area contributed by atoms with Gasteiger partial charge in [0.15, 0.2) is 5.16 Å². The van der Waals surface area contributed by atoms with Gasteiger partial charge in [-0.25, -0.2) is 9.97 Å². The molecule has 1 atom stereocenters. The fourth-order valence-electron chi connectivity index (χ4n) is 3.96. The van der Waals surface area contributed by atoms with E-state index in [1.807, 2.05) is 36.4 Å². The summed E-state index contributed by atoms with van der Waals surface area (Å²) in [6, 6.07) is 11.6. The second-order valence-corrected chi connectivity index (χ2v) is 9.91. The zero-order valence-electron chi connectivity index (χ0n) is 18.2. The van der Waals surface area contributed by atoms with Gasteiger partial charge in [0.25, 0.3) is 5.56 Å². The van der Waals surface area contributed by atoms with Crippen LogP contribution in [0.2, 0.25) is 0 Å². The molecule has 4 aromatic rings. The van der Waals surface area contributed by atoms with Gasteiger partial charge < -0.3 is 10.1 Å². The zero-order chi connectivity index (χ0) is 22.8. The van der Waals surface area contributed by atoms with Crippen molar-refractivity contribution < 1.29 is 9.53 Å². The Balaban J connectivity index is 1.43. The van der Waals surface area contributed by atoms with Crippen LogP contribution in [0.1, 0.15) is 25.3 Å². The number of rotatable bonds is 7. The van der Waals surface area contributed by atoms with E-state index in [1.165, 1.54) is 28.7 Å². The fraction of sp³-hybridized carbons (Fsp3) is 0.333. The maximum absolute atomic E-state index is 13.4. The molecule has 1 N–H and O–H groups in total. The van der Waals surface area contributed by atoms with Crippen molar-refractivity contribution in [2.75, 3.05) is 17.7 Å². The third-order valence-electron chi connectivity index (χ3n) is 5.71. The van der Waals surface area contributed by atoms with Gasteiger partial charge in [-0.3, -0.25) is 14.2 Å². The topological polar surface area (TPSA) is 86.1 Å². The highest BCUT2D eigenvalue weighted by atomic mass is 32.2. The van der Waals surface area contributed by atoms with Crippen LogP contribution in [0, 0.1) is 0 Å².